The summed E-state index contributed by atoms with van der Waals surface area (Å²) in [7, 11) is 0. The number of aromatic nitrogens is 4. The lowest BCUT2D eigenvalue weighted by Crippen LogP contribution is -2.42. The molecule has 156 valence electrons. The first-order chi connectivity index (χ1) is 14.3. The molecule has 0 atom stereocenters. The molecule has 30 heavy (non-hydrogen) atoms. The normalized spacial score (nSPS) is 14.9. The van der Waals surface area contributed by atoms with Gasteiger partial charge in [-0.15, -0.1) is 11.3 Å². The Hall–Kier alpha value is -2.98. The lowest BCUT2D eigenvalue weighted by atomic mass is 9.99. The third-order valence-electron chi connectivity index (χ3n) is 4.89. The van der Waals surface area contributed by atoms with Crippen molar-refractivity contribution in [3.8, 4) is 10.6 Å². The van der Waals surface area contributed by atoms with E-state index in [4.69, 9.17) is 5.73 Å². The molecule has 1 fully saturated rings. The molecule has 3 aromatic rings. The molecule has 4 N–H and O–H groups in total. The number of hydrogen-bond donors (Lipinski definition) is 3. The Morgan fingerprint density at radius 2 is 1.97 bits per heavy atom. The zero-order chi connectivity index (χ0) is 21.4. The van der Waals surface area contributed by atoms with Gasteiger partial charge in [0, 0.05) is 35.2 Å². The Morgan fingerprint density at radius 3 is 2.63 bits per heavy atom. The van der Waals surface area contributed by atoms with Crippen LogP contribution in [0.3, 0.4) is 0 Å². The molecule has 3 aromatic heterocycles. The Labute approximate surface area is 177 Å². The number of nitrogens with zero attached hydrogens (tertiary/aromatic N) is 4. The lowest BCUT2D eigenvalue weighted by Gasteiger charge is -2.25. The number of halogens is 1. The van der Waals surface area contributed by atoms with Gasteiger partial charge in [-0.2, -0.15) is 0 Å². The van der Waals surface area contributed by atoms with Gasteiger partial charge in [0.15, 0.2) is 0 Å². The fraction of sp³-hybridized carbons (Fsp3) is 0.350. The largest absolute Gasteiger partial charge is 0.350 e. The van der Waals surface area contributed by atoms with Crippen LogP contribution in [0.5, 0.6) is 0 Å². The number of nitrogens with two attached hydrogens (primary N) is 1. The number of thiazole rings is 1. The second kappa shape index (κ2) is 7.69. The second-order valence-electron chi connectivity index (χ2n) is 7.85. The molecule has 8 nitrogen and oxygen atoms in total. The predicted molar refractivity (Wildman–Crippen MR) is 112 cm³/mol. The fourth-order valence-electron chi connectivity index (χ4n) is 2.92. The Morgan fingerprint density at radius 1 is 1.23 bits per heavy atom. The first-order valence-electron chi connectivity index (χ1n) is 9.50. The summed E-state index contributed by atoms with van der Waals surface area (Å²) < 4.78 is 14.1. The van der Waals surface area contributed by atoms with Gasteiger partial charge >= 0.3 is 0 Å². The minimum Gasteiger partial charge on any atom is -0.350 e. The Bertz CT molecular complexity index is 1060. The maximum absolute atomic E-state index is 14.1. The van der Waals surface area contributed by atoms with Gasteiger partial charge in [0.2, 0.25) is 11.9 Å². The lowest BCUT2D eigenvalue weighted by molar-refractivity contribution is -0.123. The molecule has 1 saturated carbocycles. The molecule has 0 aliphatic heterocycles. The fourth-order valence-corrected chi connectivity index (χ4v) is 3.74. The third-order valence-corrected chi connectivity index (χ3v) is 5.94. The quantitative estimate of drug-likeness (QED) is 0.530. The van der Waals surface area contributed by atoms with Gasteiger partial charge in [0.05, 0.1) is 17.6 Å². The summed E-state index contributed by atoms with van der Waals surface area (Å²) in [6, 6.07) is 2.92. The number of pyridine rings is 1. The molecule has 1 aliphatic carbocycles. The minimum absolute atomic E-state index is 0.122. The van der Waals surface area contributed by atoms with Crippen molar-refractivity contribution in [3.05, 3.63) is 53.3 Å². The number of carbonyl (C=O) groups excluding carboxylic acids is 1. The molecule has 0 radical (unpaired) electrons. The first kappa shape index (κ1) is 20.3. The maximum Gasteiger partial charge on any atom is 0.240 e. The van der Waals surface area contributed by atoms with E-state index < -0.39 is 16.9 Å². The van der Waals surface area contributed by atoms with Crippen LogP contribution >= 0.6 is 11.3 Å². The van der Waals surface area contributed by atoms with Crippen LogP contribution in [-0.4, -0.2) is 31.4 Å². The number of amides is 1. The topological polar surface area (TPSA) is 119 Å². The highest BCUT2D eigenvalue weighted by Crippen LogP contribution is 2.32. The van der Waals surface area contributed by atoms with Crippen molar-refractivity contribution in [2.75, 3.05) is 5.32 Å². The van der Waals surface area contributed by atoms with Crippen molar-refractivity contribution in [1.29, 1.82) is 0 Å². The number of nitrogens with one attached hydrogen (secondary N) is 2. The third kappa shape index (κ3) is 4.29. The van der Waals surface area contributed by atoms with Gasteiger partial charge in [-0.1, -0.05) is 0 Å². The van der Waals surface area contributed by atoms with E-state index in [1.807, 2.05) is 13.8 Å². The van der Waals surface area contributed by atoms with Crippen molar-refractivity contribution in [2.24, 2.45) is 5.73 Å². The molecule has 1 amide bonds. The van der Waals surface area contributed by atoms with E-state index in [1.54, 1.807) is 30.9 Å². The maximum atomic E-state index is 14.1. The molecular weight excluding hydrogens is 405 g/mol. The first-order valence-corrected chi connectivity index (χ1v) is 10.3. The summed E-state index contributed by atoms with van der Waals surface area (Å²) in [4.78, 5) is 30.0. The molecule has 0 saturated heterocycles. The zero-order valence-corrected chi connectivity index (χ0v) is 17.5. The van der Waals surface area contributed by atoms with Gasteiger partial charge < -0.3 is 16.4 Å². The number of carbonyl (C=O) groups is 1. The number of anilines is 1. The van der Waals surface area contributed by atoms with E-state index in [0.717, 1.165) is 28.3 Å². The summed E-state index contributed by atoms with van der Waals surface area (Å²) in [6.07, 6.45) is 8.03. The van der Waals surface area contributed by atoms with Crippen LogP contribution in [0.1, 0.15) is 37.3 Å². The smallest absolute Gasteiger partial charge is 0.240 e. The monoisotopic (exact) mass is 427 g/mol. The molecule has 0 spiro atoms. The van der Waals surface area contributed by atoms with E-state index in [1.165, 1.54) is 17.4 Å². The van der Waals surface area contributed by atoms with E-state index in [9.17, 15) is 9.18 Å². The van der Waals surface area contributed by atoms with Crippen molar-refractivity contribution >= 4 is 23.2 Å². The van der Waals surface area contributed by atoms with Crippen LogP contribution in [0.15, 0.2) is 36.9 Å². The highest BCUT2D eigenvalue weighted by atomic mass is 32.1. The van der Waals surface area contributed by atoms with E-state index >= 15 is 0 Å². The molecule has 4 rings (SSSR count). The van der Waals surface area contributed by atoms with Crippen molar-refractivity contribution < 1.29 is 9.18 Å². The van der Waals surface area contributed by atoms with Crippen molar-refractivity contribution in [1.82, 2.24) is 25.3 Å². The van der Waals surface area contributed by atoms with E-state index in [-0.39, 0.29) is 11.6 Å². The predicted octanol–water partition coefficient (Wildman–Crippen LogP) is 2.59. The highest BCUT2D eigenvalue weighted by Gasteiger charge is 2.45. The van der Waals surface area contributed by atoms with Crippen LogP contribution in [0, 0.1) is 5.82 Å². The summed E-state index contributed by atoms with van der Waals surface area (Å²) in [5.41, 5.74) is 5.45. The molecule has 0 unspecified atom stereocenters. The van der Waals surface area contributed by atoms with Gasteiger partial charge in [-0.3, -0.25) is 9.78 Å². The summed E-state index contributed by atoms with van der Waals surface area (Å²) >= 11 is 1.45. The van der Waals surface area contributed by atoms with Crippen LogP contribution in [0.25, 0.3) is 10.6 Å². The SMILES string of the molecule is CC(C)(Nc1ncc(-c2ncc(CNC(=O)C3(N)CC3)s2)cn1)c1ncccc1F. The van der Waals surface area contributed by atoms with Gasteiger partial charge in [-0.05, 0) is 38.8 Å². The molecule has 3 heterocycles. The average molecular weight is 428 g/mol. The number of hydrogen-bond acceptors (Lipinski definition) is 8. The Kier molecular flexibility index (Phi) is 5.20. The highest BCUT2D eigenvalue weighted by molar-refractivity contribution is 7.15. The standard InChI is InChI=1S/C20H22FN7OS/c1-19(2,15-14(21)4-3-7-23-15)28-18-26-8-12(9-27-18)16-24-10-13(30-16)11-25-17(29)20(22)5-6-20/h3-4,7-10H,5-6,11,22H2,1-2H3,(H,25,29)(H,26,27,28). The van der Waals surface area contributed by atoms with Crippen LogP contribution in [0.4, 0.5) is 10.3 Å². The Balaban J connectivity index is 1.41. The van der Waals surface area contributed by atoms with E-state index in [0.29, 0.717) is 12.5 Å². The molecule has 10 heteroatoms. The van der Waals surface area contributed by atoms with Gasteiger partial charge in [-0.25, -0.2) is 19.3 Å². The van der Waals surface area contributed by atoms with Crippen LogP contribution in [0.2, 0.25) is 0 Å². The van der Waals surface area contributed by atoms with Crippen molar-refractivity contribution in [3.63, 3.8) is 0 Å². The van der Waals surface area contributed by atoms with Crippen LogP contribution < -0.4 is 16.4 Å². The molecular formula is C20H22FN7OS. The summed E-state index contributed by atoms with van der Waals surface area (Å²) in [5, 5.41) is 6.71. The molecule has 0 aromatic carbocycles. The van der Waals surface area contributed by atoms with Crippen molar-refractivity contribution in [2.45, 2.75) is 44.3 Å². The van der Waals surface area contributed by atoms with Gasteiger partial charge in [0.1, 0.15) is 16.5 Å². The molecule has 1 aliphatic rings. The van der Waals surface area contributed by atoms with Gasteiger partial charge in [0.25, 0.3) is 0 Å². The van der Waals surface area contributed by atoms with E-state index in [2.05, 4.69) is 30.6 Å². The number of rotatable bonds is 7. The second-order valence-corrected chi connectivity index (χ2v) is 8.96. The minimum atomic E-state index is -0.790. The molecule has 0 bridgehead atoms. The summed E-state index contributed by atoms with van der Waals surface area (Å²) in [6.45, 7) is 4.01. The van der Waals surface area contributed by atoms with Crippen LogP contribution in [-0.2, 0) is 16.9 Å². The zero-order valence-electron chi connectivity index (χ0n) is 16.6. The average Bonchev–Trinajstić information content (AvgIpc) is 3.30. The summed E-state index contributed by atoms with van der Waals surface area (Å²) in [5.74, 6) is -0.157.